The minimum absolute atomic E-state index is 0.165. The summed E-state index contributed by atoms with van der Waals surface area (Å²) < 4.78 is 56.7. The van der Waals surface area contributed by atoms with E-state index in [9.17, 15) is 22.4 Å². The first kappa shape index (κ1) is 21.0. The predicted octanol–water partition coefficient (Wildman–Crippen LogP) is 2.80. The van der Waals surface area contributed by atoms with Crippen molar-refractivity contribution < 1.29 is 27.1 Å². The van der Waals surface area contributed by atoms with Crippen molar-refractivity contribution in [2.24, 2.45) is 0 Å². The fraction of sp³-hybridized carbons (Fsp3) is 0.368. The number of pyridine rings is 1. The van der Waals surface area contributed by atoms with E-state index in [1.807, 2.05) is 5.32 Å². The molecule has 0 spiro atoms. The summed E-state index contributed by atoms with van der Waals surface area (Å²) in [6.07, 6.45) is -0.0947. The minimum Gasteiger partial charge on any atom is -0.381 e. The molecule has 0 unspecified atom stereocenters. The van der Waals surface area contributed by atoms with Crippen LogP contribution in [0.3, 0.4) is 0 Å². The average Bonchev–Trinajstić information content (AvgIpc) is 3.15. The van der Waals surface area contributed by atoms with Crippen LogP contribution in [-0.2, 0) is 9.53 Å². The summed E-state index contributed by atoms with van der Waals surface area (Å²) in [4.78, 5) is 28.1. The van der Waals surface area contributed by atoms with Gasteiger partial charge in [-0.15, -0.1) is 0 Å². The normalized spacial score (nSPS) is 16.3. The number of amides is 1. The molecule has 0 atom stereocenters. The number of hydrogen-bond donors (Lipinski definition) is 3. The summed E-state index contributed by atoms with van der Waals surface area (Å²) in [6.45, 7) is -1.02. The van der Waals surface area contributed by atoms with Crippen LogP contribution in [0.25, 0.3) is 22.4 Å². The third-order valence-electron chi connectivity index (χ3n) is 4.99. The lowest BCUT2D eigenvalue weighted by Gasteiger charge is -2.37. The highest BCUT2D eigenvalue weighted by atomic mass is 19.4. The monoisotopic (exact) mass is 438 g/mol. The number of alkyl halides is 3. The van der Waals surface area contributed by atoms with Gasteiger partial charge in [0.05, 0.1) is 6.20 Å². The average molecular weight is 438 g/mol. The molecule has 1 amide bonds. The zero-order valence-electron chi connectivity index (χ0n) is 16.1. The van der Waals surface area contributed by atoms with Gasteiger partial charge in [-0.3, -0.25) is 4.79 Å². The summed E-state index contributed by atoms with van der Waals surface area (Å²) in [6, 6.07) is 2.80. The second-order valence-electron chi connectivity index (χ2n) is 7.13. The van der Waals surface area contributed by atoms with Gasteiger partial charge in [0.2, 0.25) is 5.91 Å². The van der Waals surface area contributed by atoms with Gasteiger partial charge in [0.15, 0.2) is 5.82 Å². The number of carbonyl (C=O) groups excluding carboxylic acids is 1. The fourth-order valence-electron chi connectivity index (χ4n) is 3.44. The Balaban J connectivity index is 1.62. The highest BCUT2D eigenvalue weighted by molar-refractivity contribution is 5.92. The van der Waals surface area contributed by atoms with Crippen LogP contribution >= 0.6 is 0 Å². The molecule has 1 aliphatic rings. The largest absolute Gasteiger partial charge is 0.405 e. The van der Waals surface area contributed by atoms with Gasteiger partial charge in [-0.2, -0.15) is 13.2 Å². The van der Waals surface area contributed by atoms with Gasteiger partial charge in [0.25, 0.3) is 0 Å². The number of aromatic amines is 1. The molecule has 3 N–H and O–H groups in total. The standard InChI is InChI=1S/C19H18F4N6O2/c20-11-7-12-13(9-26-15(12)25-8-11)16-24-4-1-14(28-16)29-18(2-5-31-6-3-18)17(30)27-10-19(21,22)23/h1,4,7-9H,2-3,5-6,10H2,(H,25,26)(H,27,30)(H,24,28,29). The molecule has 4 rings (SSSR count). The van der Waals surface area contributed by atoms with Crippen LogP contribution in [0, 0.1) is 5.82 Å². The highest BCUT2D eigenvalue weighted by Gasteiger charge is 2.42. The van der Waals surface area contributed by atoms with Gasteiger partial charge in [-0.1, -0.05) is 0 Å². The van der Waals surface area contributed by atoms with E-state index in [1.165, 1.54) is 18.3 Å². The first-order valence-corrected chi connectivity index (χ1v) is 9.43. The number of aromatic nitrogens is 4. The second-order valence-corrected chi connectivity index (χ2v) is 7.13. The first-order chi connectivity index (χ1) is 14.8. The Morgan fingerprint density at radius 1 is 1.26 bits per heavy atom. The minimum atomic E-state index is -4.53. The van der Waals surface area contributed by atoms with E-state index < -0.39 is 30.0 Å². The van der Waals surface area contributed by atoms with Gasteiger partial charge >= 0.3 is 6.18 Å². The molecule has 3 aromatic heterocycles. The van der Waals surface area contributed by atoms with Crippen LogP contribution in [0.4, 0.5) is 23.4 Å². The summed E-state index contributed by atoms with van der Waals surface area (Å²) >= 11 is 0. The fourth-order valence-corrected chi connectivity index (χ4v) is 3.44. The van der Waals surface area contributed by atoms with Gasteiger partial charge in [-0.05, 0) is 12.1 Å². The molecule has 3 aromatic rings. The van der Waals surface area contributed by atoms with Crippen LogP contribution in [0.2, 0.25) is 0 Å². The molecular formula is C19H18F4N6O2. The number of anilines is 1. The SMILES string of the molecule is O=C(NCC(F)(F)F)C1(Nc2ccnc(-c3c[nH]c4ncc(F)cc34)n2)CCOCC1. The van der Waals surface area contributed by atoms with Crippen molar-refractivity contribution in [1.29, 1.82) is 0 Å². The maximum atomic E-state index is 13.6. The van der Waals surface area contributed by atoms with Crippen LogP contribution in [-0.4, -0.2) is 57.3 Å². The molecule has 12 heteroatoms. The van der Waals surface area contributed by atoms with Crippen molar-refractivity contribution in [2.45, 2.75) is 24.6 Å². The number of nitrogens with one attached hydrogen (secondary N) is 3. The number of nitrogens with zero attached hydrogens (tertiary/aromatic N) is 3. The number of rotatable bonds is 5. The number of halogens is 4. The Labute approximate surface area is 173 Å². The van der Waals surface area contributed by atoms with E-state index in [2.05, 4.69) is 25.3 Å². The highest BCUT2D eigenvalue weighted by Crippen LogP contribution is 2.29. The third-order valence-corrected chi connectivity index (χ3v) is 4.99. The number of hydrogen-bond acceptors (Lipinski definition) is 6. The molecule has 1 aliphatic heterocycles. The van der Waals surface area contributed by atoms with Crippen molar-refractivity contribution in [3.05, 3.63) is 36.5 Å². The molecule has 0 bridgehead atoms. The van der Waals surface area contributed by atoms with Crippen molar-refractivity contribution in [2.75, 3.05) is 25.1 Å². The number of carbonyl (C=O) groups is 1. The van der Waals surface area contributed by atoms with Crippen molar-refractivity contribution in [3.63, 3.8) is 0 Å². The maximum Gasteiger partial charge on any atom is 0.405 e. The number of ether oxygens (including phenoxy) is 1. The van der Waals surface area contributed by atoms with Crippen molar-refractivity contribution in [1.82, 2.24) is 25.3 Å². The molecule has 0 aromatic carbocycles. The number of H-pyrrole nitrogens is 1. The van der Waals surface area contributed by atoms with E-state index in [4.69, 9.17) is 4.74 Å². The van der Waals surface area contributed by atoms with E-state index in [0.717, 1.165) is 6.20 Å². The molecule has 1 saturated heterocycles. The summed E-state index contributed by atoms with van der Waals surface area (Å²) in [5.41, 5.74) is -0.373. The quantitative estimate of drug-likeness (QED) is 0.529. The zero-order valence-corrected chi connectivity index (χ0v) is 16.1. The molecule has 0 saturated carbocycles. The van der Waals surface area contributed by atoms with Crippen LogP contribution < -0.4 is 10.6 Å². The topological polar surface area (TPSA) is 105 Å². The maximum absolute atomic E-state index is 13.6. The number of fused-ring (bicyclic) bond motifs is 1. The van der Waals surface area contributed by atoms with Crippen LogP contribution in [0.15, 0.2) is 30.7 Å². The Morgan fingerprint density at radius 2 is 2.03 bits per heavy atom. The zero-order chi connectivity index (χ0) is 22.1. The lowest BCUT2D eigenvalue weighted by Crippen LogP contribution is -2.57. The molecular weight excluding hydrogens is 420 g/mol. The summed E-state index contributed by atoms with van der Waals surface area (Å²) in [7, 11) is 0. The Kier molecular flexibility index (Phi) is 5.48. The Bertz CT molecular complexity index is 1090. The predicted molar refractivity (Wildman–Crippen MR) is 103 cm³/mol. The van der Waals surface area contributed by atoms with Crippen molar-refractivity contribution >= 4 is 22.8 Å². The molecule has 0 radical (unpaired) electrons. The molecule has 1 fully saturated rings. The smallest absolute Gasteiger partial charge is 0.381 e. The molecule has 8 nitrogen and oxygen atoms in total. The second kappa shape index (κ2) is 8.10. The van der Waals surface area contributed by atoms with E-state index in [-0.39, 0.29) is 37.7 Å². The third kappa shape index (κ3) is 4.58. The molecule has 164 valence electrons. The Hall–Kier alpha value is -3.28. The lowest BCUT2D eigenvalue weighted by molar-refractivity contribution is -0.142. The van der Waals surface area contributed by atoms with E-state index in [1.54, 1.807) is 6.20 Å². The summed E-state index contributed by atoms with van der Waals surface area (Å²) in [5.74, 6) is -0.828. The first-order valence-electron chi connectivity index (χ1n) is 9.43. The summed E-state index contributed by atoms with van der Waals surface area (Å²) in [5, 5.41) is 5.40. The molecule has 31 heavy (non-hydrogen) atoms. The van der Waals surface area contributed by atoms with Gasteiger partial charge in [0.1, 0.15) is 29.4 Å². The lowest BCUT2D eigenvalue weighted by atomic mass is 9.88. The Morgan fingerprint density at radius 3 is 2.77 bits per heavy atom. The van der Waals surface area contributed by atoms with Gasteiger partial charge in [0, 0.05) is 49.4 Å². The van der Waals surface area contributed by atoms with Crippen LogP contribution in [0.1, 0.15) is 12.8 Å². The van der Waals surface area contributed by atoms with Gasteiger partial charge < -0.3 is 20.4 Å². The molecule has 0 aliphatic carbocycles. The van der Waals surface area contributed by atoms with E-state index >= 15 is 0 Å². The molecule has 4 heterocycles. The van der Waals surface area contributed by atoms with Crippen LogP contribution in [0.5, 0.6) is 0 Å². The van der Waals surface area contributed by atoms with E-state index in [0.29, 0.717) is 16.6 Å². The van der Waals surface area contributed by atoms with Gasteiger partial charge in [-0.25, -0.2) is 19.3 Å². The van der Waals surface area contributed by atoms with Crippen molar-refractivity contribution in [3.8, 4) is 11.4 Å².